The van der Waals surface area contributed by atoms with Crippen molar-refractivity contribution in [2.45, 2.75) is 92.4 Å². The van der Waals surface area contributed by atoms with Crippen LogP contribution in [0.5, 0.6) is 0 Å². The summed E-state index contributed by atoms with van der Waals surface area (Å²) >= 11 is 0. The summed E-state index contributed by atoms with van der Waals surface area (Å²) in [6.07, 6.45) is 9.30. The molecule has 0 aromatic heterocycles. The minimum absolute atomic E-state index is 0. The van der Waals surface area contributed by atoms with Gasteiger partial charge in [0.05, 0.1) is 0 Å². The Bertz CT molecular complexity index is 313. The van der Waals surface area contributed by atoms with Gasteiger partial charge in [0.1, 0.15) is 0 Å². The summed E-state index contributed by atoms with van der Waals surface area (Å²) in [5.41, 5.74) is 0. The van der Waals surface area contributed by atoms with Gasteiger partial charge in [0.25, 0.3) is 0 Å². The Kier molecular flexibility index (Phi) is 22.6. The zero-order valence-electron chi connectivity index (χ0n) is 16.2. The molecule has 0 aliphatic carbocycles. The van der Waals surface area contributed by atoms with E-state index in [9.17, 15) is 0 Å². The van der Waals surface area contributed by atoms with E-state index in [1.807, 2.05) is 27.7 Å². The van der Waals surface area contributed by atoms with Gasteiger partial charge in [0.2, 0.25) is 0 Å². The molecule has 136 valence electrons. The molecule has 0 radical (unpaired) electrons. The Morgan fingerprint density at radius 1 is 0.565 bits per heavy atom. The summed E-state index contributed by atoms with van der Waals surface area (Å²) in [7, 11) is 0. The fraction of sp³-hybridized carbons (Fsp3) is 0.778. The Morgan fingerprint density at radius 3 is 1.04 bits per heavy atom. The Morgan fingerprint density at radius 2 is 0.826 bits per heavy atom. The molecule has 0 spiro atoms. The van der Waals surface area contributed by atoms with Crippen molar-refractivity contribution in [3.05, 3.63) is 0 Å². The first-order chi connectivity index (χ1) is 10.3. The van der Waals surface area contributed by atoms with Crippen molar-refractivity contribution in [1.82, 2.24) is 0 Å². The second-order valence-electron chi connectivity index (χ2n) is 5.89. The summed E-state index contributed by atoms with van der Waals surface area (Å²) in [6, 6.07) is 1.60. The fourth-order valence-corrected chi connectivity index (χ4v) is 1.00. The number of rotatable bonds is 8. The molecule has 2 atom stereocenters. The summed E-state index contributed by atoms with van der Waals surface area (Å²) in [6.45, 7) is 16.6. The van der Waals surface area contributed by atoms with Crippen molar-refractivity contribution in [1.29, 1.82) is 0 Å². The van der Waals surface area contributed by atoms with Crippen LogP contribution in [0.3, 0.4) is 0 Å². The Labute approximate surface area is 154 Å². The molecule has 0 aliphatic rings. The molecular weight excluding hydrogens is 328 g/mol. The smallest absolute Gasteiger partial charge is 0.0469 e. The van der Waals surface area contributed by atoms with Crippen molar-refractivity contribution in [3.63, 3.8) is 0 Å². The van der Waals surface area contributed by atoms with Gasteiger partial charge in [-0.05, 0) is 54.4 Å². The predicted octanol–water partition coefficient (Wildman–Crippen LogP) is 4.67. The van der Waals surface area contributed by atoms with Crippen molar-refractivity contribution < 1.29 is 17.1 Å². The van der Waals surface area contributed by atoms with Gasteiger partial charge < -0.3 is 0 Å². The van der Waals surface area contributed by atoms with Gasteiger partial charge >= 0.3 is 0 Å². The molecule has 0 saturated carbocycles. The van der Waals surface area contributed by atoms with E-state index < -0.39 is 0 Å². The van der Waals surface area contributed by atoms with Crippen LogP contribution in [-0.4, -0.2) is 49.0 Å². The normalized spacial score (nSPS) is 14.7. The minimum atomic E-state index is 0. The van der Waals surface area contributed by atoms with Crippen molar-refractivity contribution in [3.8, 4) is 0 Å². The topological polar surface area (TPSA) is 49.4 Å². The number of aliphatic imine (C=N–C) groups is 4. The fourth-order valence-electron chi connectivity index (χ4n) is 1.00. The molecule has 0 aromatic carbocycles. The molecule has 0 bridgehead atoms. The van der Waals surface area contributed by atoms with E-state index in [4.69, 9.17) is 0 Å². The van der Waals surface area contributed by atoms with Crippen LogP contribution < -0.4 is 0 Å². The van der Waals surface area contributed by atoms with Crippen molar-refractivity contribution >= 4 is 24.9 Å². The molecule has 2 unspecified atom stereocenters. The molecule has 0 N–H and O–H groups in total. The van der Waals surface area contributed by atoms with Crippen LogP contribution in [0.4, 0.5) is 0 Å². The van der Waals surface area contributed by atoms with Crippen molar-refractivity contribution in [2.75, 3.05) is 0 Å². The van der Waals surface area contributed by atoms with Gasteiger partial charge in [-0.15, -0.1) is 0 Å². The van der Waals surface area contributed by atoms with Crippen LogP contribution in [-0.2, 0) is 17.1 Å². The molecule has 0 aromatic rings. The van der Waals surface area contributed by atoms with Crippen molar-refractivity contribution in [2.24, 2.45) is 20.0 Å². The Balaban J connectivity index is -0.000000338. The van der Waals surface area contributed by atoms with Gasteiger partial charge in [-0.25, -0.2) is 0 Å². The maximum atomic E-state index is 4.27. The standard InChI is InChI=1S/C10H20N2.C8H16N2.Fe/c1-5-9(3)11-7-8-12-10(4)6-2;1-7(2)9-5-6-10-8(3)4;/h7-10H,5-6H2,1-4H3;5-8H,1-4H3;. The summed E-state index contributed by atoms with van der Waals surface area (Å²) in [5.74, 6) is 0. The first kappa shape index (κ1) is 27.1. The van der Waals surface area contributed by atoms with Crippen LogP contribution >= 0.6 is 0 Å². The van der Waals surface area contributed by atoms with E-state index in [1.54, 1.807) is 24.9 Å². The molecule has 0 aliphatic heterocycles. The van der Waals surface area contributed by atoms with E-state index in [2.05, 4.69) is 47.7 Å². The van der Waals surface area contributed by atoms with E-state index in [-0.39, 0.29) is 17.1 Å². The molecule has 0 amide bonds. The summed E-state index contributed by atoms with van der Waals surface area (Å²) < 4.78 is 0. The van der Waals surface area contributed by atoms with Gasteiger partial charge in [0.15, 0.2) is 0 Å². The molecule has 5 heteroatoms. The minimum Gasteiger partial charge on any atom is -0.289 e. The summed E-state index contributed by atoms with van der Waals surface area (Å²) in [4.78, 5) is 16.8. The number of hydrogen-bond donors (Lipinski definition) is 0. The van der Waals surface area contributed by atoms with Crippen LogP contribution in [0, 0.1) is 0 Å². The monoisotopic (exact) mass is 364 g/mol. The predicted molar refractivity (Wildman–Crippen MR) is 104 cm³/mol. The van der Waals surface area contributed by atoms with Gasteiger partial charge in [0, 0.05) is 66.1 Å². The number of nitrogens with zero attached hydrogens (tertiary/aromatic N) is 4. The first-order valence-corrected chi connectivity index (χ1v) is 8.43. The zero-order valence-corrected chi connectivity index (χ0v) is 17.3. The first-order valence-electron chi connectivity index (χ1n) is 8.43. The third-order valence-electron chi connectivity index (χ3n) is 2.76. The SMILES string of the molecule is CC(C)N=CC=NC(C)C.CCC(C)N=CC=NC(C)CC.[Fe]. The second kappa shape index (κ2) is 19.2. The zero-order chi connectivity index (χ0) is 17.4. The molecule has 0 fully saturated rings. The van der Waals surface area contributed by atoms with Crippen LogP contribution in [0.2, 0.25) is 0 Å². The van der Waals surface area contributed by atoms with Gasteiger partial charge in [-0.2, -0.15) is 0 Å². The maximum Gasteiger partial charge on any atom is 0.0469 e. The molecule has 0 saturated heterocycles. The van der Waals surface area contributed by atoms with E-state index >= 15 is 0 Å². The largest absolute Gasteiger partial charge is 0.289 e. The van der Waals surface area contributed by atoms with E-state index in [0.29, 0.717) is 24.2 Å². The van der Waals surface area contributed by atoms with Gasteiger partial charge in [-0.3, -0.25) is 20.0 Å². The average Bonchev–Trinajstić information content (AvgIpc) is 2.47. The second-order valence-corrected chi connectivity index (χ2v) is 5.89. The summed E-state index contributed by atoms with van der Waals surface area (Å²) in [5, 5.41) is 0. The Hall–Kier alpha value is -0.801. The quantitative estimate of drug-likeness (QED) is 0.444. The average molecular weight is 364 g/mol. The molecular formula is C18H36FeN4. The van der Waals surface area contributed by atoms with E-state index in [0.717, 1.165) is 12.8 Å². The third-order valence-corrected chi connectivity index (χ3v) is 2.76. The molecule has 0 rings (SSSR count). The maximum absolute atomic E-state index is 4.27. The molecule has 0 heterocycles. The molecule has 4 nitrogen and oxygen atoms in total. The van der Waals surface area contributed by atoms with Gasteiger partial charge in [-0.1, -0.05) is 13.8 Å². The molecule has 23 heavy (non-hydrogen) atoms. The van der Waals surface area contributed by atoms with Crippen LogP contribution in [0.1, 0.15) is 68.2 Å². The van der Waals surface area contributed by atoms with Crippen LogP contribution in [0.25, 0.3) is 0 Å². The third kappa shape index (κ3) is 26.4. The number of hydrogen-bond acceptors (Lipinski definition) is 4. The van der Waals surface area contributed by atoms with E-state index in [1.165, 1.54) is 0 Å². The van der Waals surface area contributed by atoms with Crippen LogP contribution in [0.15, 0.2) is 20.0 Å².